The molecule has 4 rings (SSSR count). The van der Waals surface area contributed by atoms with Gasteiger partial charge in [0.2, 0.25) is 0 Å². The smallest absolute Gasteiger partial charge is 0.337 e. The third kappa shape index (κ3) is 8.63. The molecule has 0 radical (unpaired) electrons. The first kappa shape index (κ1) is 31.2. The molecule has 0 fully saturated rings. The highest BCUT2D eigenvalue weighted by molar-refractivity contribution is 6.30. The number of nitrogens with zero attached hydrogens (tertiary/aromatic N) is 1. The van der Waals surface area contributed by atoms with Crippen LogP contribution >= 0.6 is 11.6 Å². The summed E-state index contributed by atoms with van der Waals surface area (Å²) in [5.74, 6) is 0.827. The number of hydrogen-bond donors (Lipinski definition) is 4. The zero-order chi connectivity index (χ0) is 30.8. The van der Waals surface area contributed by atoms with Gasteiger partial charge in [0.15, 0.2) is 17.7 Å². The van der Waals surface area contributed by atoms with Crippen LogP contribution in [-0.4, -0.2) is 49.9 Å². The number of nitrogens with one attached hydrogen (secondary N) is 3. The van der Waals surface area contributed by atoms with E-state index in [-0.39, 0.29) is 12.2 Å². The zero-order valence-electron chi connectivity index (χ0n) is 23.9. The van der Waals surface area contributed by atoms with E-state index in [0.29, 0.717) is 46.7 Å². The van der Waals surface area contributed by atoms with Crippen LogP contribution in [0.1, 0.15) is 36.6 Å². The molecule has 1 aliphatic rings. The maximum atomic E-state index is 12.4. The van der Waals surface area contributed by atoms with E-state index in [4.69, 9.17) is 30.5 Å². The van der Waals surface area contributed by atoms with E-state index in [1.807, 2.05) is 55.5 Å². The molecule has 1 heterocycles. The first-order valence-corrected chi connectivity index (χ1v) is 13.8. The lowest BCUT2D eigenvalue weighted by atomic mass is 9.95. The summed E-state index contributed by atoms with van der Waals surface area (Å²) in [7, 11) is 1.28. The largest absolute Gasteiger partial charge is 0.490 e. The van der Waals surface area contributed by atoms with Gasteiger partial charge in [-0.2, -0.15) is 5.10 Å². The fraction of sp³-hybridized carbons (Fsp3) is 0.258. The van der Waals surface area contributed by atoms with Crippen molar-refractivity contribution in [2.75, 3.05) is 20.3 Å². The van der Waals surface area contributed by atoms with E-state index in [2.05, 4.69) is 21.2 Å². The van der Waals surface area contributed by atoms with E-state index in [9.17, 15) is 14.7 Å². The van der Waals surface area contributed by atoms with E-state index in [1.54, 1.807) is 31.3 Å². The van der Waals surface area contributed by atoms with Crippen LogP contribution in [0.2, 0.25) is 5.02 Å². The molecule has 3 aromatic rings. The van der Waals surface area contributed by atoms with Gasteiger partial charge in [0.1, 0.15) is 19.0 Å². The van der Waals surface area contributed by atoms with Crippen molar-refractivity contribution in [2.45, 2.75) is 32.7 Å². The molecule has 4 N–H and O–H groups in total. The van der Waals surface area contributed by atoms with Crippen molar-refractivity contribution in [1.82, 2.24) is 16.1 Å². The number of allylic oxidation sites excluding steroid dienone is 1. The number of carbonyl (C=O) groups is 2. The number of urea groups is 1. The first-order chi connectivity index (χ1) is 20.8. The Morgan fingerprint density at radius 1 is 1.09 bits per heavy atom. The van der Waals surface area contributed by atoms with Crippen molar-refractivity contribution >= 4 is 29.8 Å². The molecule has 226 valence electrons. The van der Waals surface area contributed by atoms with Crippen molar-refractivity contribution in [2.24, 2.45) is 5.10 Å². The maximum absolute atomic E-state index is 12.4. The Morgan fingerprint density at radius 2 is 1.91 bits per heavy atom. The van der Waals surface area contributed by atoms with E-state index < -0.39 is 24.3 Å². The van der Waals surface area contributed by atoms with Gasteiger partial charge in [-0.15, -0.1) is 0 Å². The van der Waals surface area contributed by atoms with Crippen LogP contribution in [0.5, 0.6) is 17.2 Å². The van der Waals surface area contributed by atoms with Gasteiger partial charge in [-0.1, -0.05) is 41.9 Å². The van der Waals surface area contributed by atoms with E-state index in [1.165, 1.54) is 7.11 Å². The summed E-state index contributed by atoms with van der Waals surface area (Å²) in [6, 6.07) is 18.6. The summed E-state index contributed by atoms with van der Waals surface area (Å²) in [6.07, 6.45) is 0.422. The van der Waals surface area contributed by atoms with Gasteiger partial charge in [0.05, 0.1) is 31.5 Å². The van der Waals surface area contributed by atoms with Gasteiger partial charge in [0, 0.05) is 10.7 Å². The SMILES string of the molecule is CCOc1cc([C@@H]2NC(=O)NC(C)=C2C(=O)OC)ccc1OC[C@H](O)N/N=C/c1cccc(OCc2cccc(Cl)c2)c1. The average Bonchev–Trinajstić information content (AvgIpc) is 2.99. The highest BCUT2D eigenvalue weighted by atomic mass is 35.5. The number of rotatable bonds is 13. The number of aliphatic hydroxyl groups is 1. The van der Waals surface area contributed by atoms with Crippen molar-refractivity contribution in [3.05, 3.63) is 99.7 Å². The van der Waals surface area contributed by atoms with Gasteiger partial charge < -0.3 is 34.7 Å². The Hall–Kier alpha value is -4.74. The number of amides is 2. The number of aliphatic hydroxyl groups excluding tert-OH is 1. The monoisotopic (exact) mass is 608 g/mol. The second kappa shape index (κ2) is 14.9. The molecular weight excluding hydrogens is 576 g/mol. The van der Waals surface area contributed by atoms with Gasteiger partial charge in [-0.25, -0.2) is 9.59 Å². The van der Waals surface area contributed by atoms with Crippen LogP contribution in [0, 0.1) is 0 Å². The lowest BCUT2D eigenvalue weighted by Crippen LogP contribution is -2.45. The molecule has 1 aliphatic heterocycles. The Morgan fingerprint density at radius 3 is 2.67 bits per heavy atom. The average molecular weight is 609 g/mol. The second-order valence-corrected chi connectivity index (χ2v) is 9.84. The molecule has 0 saturated carbocycles. The summed E-state index contributed by atoms with van der Waals surface area (Å²) in [6.45, 7) is 4.01. The fourth-order valence-electron chi connectivity index (χ4n) is 4.30. The van der Waals surface area contributed by atoms with Crippen LogP contribution in [0.4, 0.5) is 4.79 Å². The minimum absolute atomic E-state index is 0.143. The lowest BCUT2D eigenvalue weighted by molar-refractivity contribution is -0.136. The molecule has 0 aliphatic carbocycles. The molecule has 43 heavy (non-hydrogen) atoms. The second-order valence-electron chi connectivity index (χ2n) is 9.41. The number of hydrazone groups is 1. The third-order valence-electron chi connectivity index (χ3n) is 6.26. The molecule has 11 nitrogen and oxygen atoms in total. The maximum Gasteiger partial charge on any atom is 0.337 e. The number of methoxy groups -OCH3 is 1. The van der Waals surface area contributed by atoms with E-state index >= 15 is 0 Å². The van der Waals surface area contributed by atoms with Crippen LogP contribution in [0.15, 0.2) is 83.1 Å². The number of esters is 1. The summed E-state index contributed by atoms with van der Waals surface area (Å²) in [5, 5.41) is 20.5. The van der Waals surface area contributed by atoms with Crippen LogP contribution in [-0.2, 0) is 16.1 Å². The lowest BCUT2D eigenvalue weighted by Gasteiger charge is -2.28. The molecule has 2 atom stereocenters. The fourth-order valence-corrected chi connectivity index (χ4v) is 4.51. The topological polar surface area (TPSA) is 140 Å². The standard InChI is InChI=1S/C31H33ClN4O7/c1-4-41-26-15-22(29-28(30(38)40-3)19(2)34-31(39)35-29)11-12-25(26)43-18-27(37)36-33-16-20-7-6-10-24(14-20)42-17-21-8-5-9-23(32)13-21/h5-16,27,29,36-37H,4,17-18H2,1-3H3,(H2,34,35,39)/b33-16+/t27-,29-/m0/s1. The molecule has 0 bridgehead atoms. The quantitative estimate of drug-likeness (QED) is 0.0967. The third-order valence-corrected chi connectivity index (χ3v) is 6.50. The van der Waals surface area contributed by atoms with E-state index in [0.717, 1.165) is 11.1 Å². The zero-order valence-corrected chi connectivity index (χ0v) is 24.7. The molecule has 3 aromatic carbocycles. The van der Waals surface area contributed by atoms with Crippen LogP contribution in [0.3, 0.4) is 0 Å². The van der Waals surface area contributed by atoms with Gasteiger partial charge >= 0.3 is 12.0 Å². The molecule has 0 saturated heterocycles. The Bertz CT molecular complexity index is 1510. The van der Waals surface area contributed by atoms with Gasteiger partial charge in [0.25, 0.3) is 0 Å². The normalized spacial score (nSPS) is 15.4. The Kier molecular flexibility index (Phi) is 10.8. The van der Waals surface area contributed by atoms with Gasteiger partial charge in [-0.3, -0.25) is 5.43 Å². The number of ether oxygens (including phenoxy) is 4. The number of carbonyl (C=O) groups excluding carboxylic acids is 2. The first-order valence-electron chi connectivity index (χ1n) is 13.5. The summed E-state index contributed by atoms with van der Waals surface area (Å²) >= 11 is 6.03. The highest BCUT2D eigenvalue weighted by Crippen LogP contribution is 2.35. The summed E-state index contributed by atoms with van der Waals surface area (Å²) in [5.41, 5.74) is 5.60. The van der Waals surface area contributed by atoms with Gasteiger partial charge in [-0.05, 0) is 66.9 Å². The predicted octanol–water partition coefficient (Wildman–Crippen LogP) is 4.44. The molecular formula is C31H33ClN4O7. The predicted molar refractivity (Wildman–Crippen MR) is 161 cm³/mol. The van der Waals surface area contributed by atoms with Crippen LogP contribution < -0.4 is 30.3 Å². The van der Waals surface area contributed by atoms with Crippen LogP contribution in [0.25, 0.3) is 0 Å². The Balaban J connectivity index is 1.35. The minimum atomic E-state index is -1.13. The number of benzene rings is 3. The van der Waals surface area contributed by atoms with Crippen molar-refractivity contribution in [1.29, 1.82) is 0 Å². The molecule has 2 amide bonds. The number of hydrogen-bond acceptors (Lipinski definition) is 9. The number of halogens is 1. The molecule has 0 spiro atoms. The Labute approximate surface area is 254 Å². The molecule has 0 unspecified atom stereocenters. The summed E-state index contributed by atoms with van der Waals surface area (Å²) in [4.78, 5) is 24.6. The molecule has 0 aromatic heterocycles. The van der Waals surface area contributed by atoms with Crippen molar-refractivity contribution in [3.63, 3.8) is 0 Å². The van der Waals surface area contributed by atoms with Crippen molar-refractivity contribution in [3.8, 4) is 17.2 Å². The van der Waals surface area contributed by atoms with Crippen molar-refractivity contribution < 1.29 is 33.6 Å². The molecule has 12 heteroatoms. The minimum Gasteiger partial charge on any atom is -0.490 e. The highest BCUT2D eigenvalue weighted by Gasteiger charge is 2.32. The summed E-state index contributed by atoms with van der Waals surface area (Å²) < 4.78 is 22.3.